The van der Waals surface area contributed by atoms with Gasteiger partial charge in [-0.05, 0) is 44.1 Å². The quantitative estimate of drug-likeness (QED) is 0.772. The maximum absolute atomic E-state index is 12.7. The van der Waals surface area contributed by atoms with Crippen LogP contribution in [0.2, 0.25) is 0 Å². The second-order valence-corrected chi connectivity index (χ2v) is 4.42. The van der Waals surface area contributed by atoms with E-state index in [2.05, 4.69) is 5.32 Å². The number of rotatable bonds is 5. The SMILES string of the molecule is CNCCC(O)C(O)c1cccc(C(F)(F)F)c1C. The highest BCUT2D eigenvalue weighted by Crippen LogP contribution is 2.35. The van der Waals surface area contributed by atoms with Crippen molar-refractivity contribution in [1.29, 1.82) is 0 Å². The van der Waals surface area contributed by atoms with E-state index in [9.17, 15) is 23.4 Å². The summed E-state index contributed by atoms with van der Waals surface area (Å²) < 4.78 is 38.2. The molecule has 6 heteroatoms. The summed E-state index contributed by atoms with van der Waals surface area (Å²) in [6.07, 6.45) is -6.63. The Bertz CT molecular complexity index is 421. The lowest BCUT2D eigenvalue weighted by molar-refractivity contribution is -0.138. The van der Waals surface area contributed by atoms with Crippen LogP contribution in [0.25, 0.3) is 0 Å². The number of hydrogen-bond acceptors (Lipinski definition) is 3. The summed E-state index contributed by atoms with van der Waals surface area (Å²) in [5, 5.41) is 22.5. The average Bonchev–Trinajstić information content (AvgIpc) is 2.34. The van der Waals surface area contributed by atoms with Crippen LogP contribution in [0.1, 0.15) is 29.2 Å². The van der Waals surface area contributed by atoms with Crippen molar-refractivity contribution in [3.05, 3.63) is 34.9 Å². The zero-order valence-corrected chi connectivity index (χ0v) is 10.8. The Labute approximate surface area is 110 Å². The molecular formula is C13H18F3NO2. The first-order valence-corrected chi connectivity index (χ1v) is 5.96. The molecular weight excluding hydrogens is 259 g/mol. The maximum atomic E-state index is 12.7. The number of aliphatic hydroxyl groups is 2. The summed E-state index contributed by atoms with van der Waals surface area (Å²) in [7, 11) is 1.69. The van der Waals surface area contributed by atoms with E-state index in [-0.39, 0.29) is 17.5 Å². The van der Waals surface area contributed by atoms with E-state index in [1.54, 1.807) is 7.05 Å². The van der Waals surface area contributed by atoms with Gasteiger partial charge in [-0.25, -0.2) is 0 Å². The second kappa shape index (κ2) is 6.36. The molecule has 1 aromatic carbocycles. The monoisotopic (exact) mass is 277 g/mol. The van der Waals surface area contributed by atoms with E-state index < -0.39 is 23.9 Å². The van der Waals surface area contributed by atoms with Crippen molar-refractivity contribution < 1.29 is 23.4 Å². The molecule has 0 aromatic heterocycles. The topological polar surface area (TPSA) is 52.5 Å². The predicted molar refractivity (Wildman–Crippen MR) is 65.7 cm³/mol. The fourth-order valence-electron chi connectivity index (χ4n) is 1.94. The Hall–Kier alpha value is -1.11. The van der Waals surface area contributed by atoms with E-state index in [1.165, 1.54) is 19.1 Å². The molecule has 0 radical (unpaired) electrons. The van der Waals surface area contributed by atoms with E-state index in [4.69, 9.17) is 0 Å². The first-order valence-electron chi connectivity index (χ1n) is 5.96. The standard InChI is InChI=1S/C13H18F3NO2/c1-8-9(12(19)11(18)6-7-17-2)4-3-5-10(8)13(14,15)16/h3-5,11-12,17-19H,6-7H2,1-2H3. The zero-order valence-electron chi connectivity index (χ0n) is 10.8. The first kappa shape index (κ1) is 15.9. The van der Waals surface area contributed by atoms with Crippen molar-refractivity contribution in [2.75, 3.05) is 13.6 Å². The Morgan fingerprint density at radius 3 is 2.42 bits per heavy atom. The highest BCUT2D eigenvalue weighted by molar-refractivity contribution is 5.37. The van der Waals surface area contributed by atoms with Crippen LogP contribution in [0, 0.1) is 6.92 Å². The fourth-order valence-corrected chi connectivity index (χ4v) is 1.94. The lowest BCUT2D eigenvalue weighted by atomic mass is 9.94. The molecule has 0 aliphatic carbocycles. The molecule has 3 N–H and O–H groups in total. The second-order valence-electron chi connectivity index (χ2n) is 4.42. The largest absolute Gasteiger partial charge is 0.416 e. The predicted octanol–water partition coefficient (Wildman–Crippen LogP) is 2.02. The number of benzene rings is 1. The molecule has 108 valence electrons. The third kappa shape index (κ3) is 3.92. The lowest BCUT2D eigenvalue weighted by Gasteiger charge is -2.22. The van der Waals surface area contributed by atoms with Crippen LogP contribution in [0.4, 0.5) is 13.2 Å². The molecule has 2 unspecified atom stereocenters. The van der Waals surface area contributed by atoms with Crippen molar-refractivity contribution in [2.24, 2.45) is 0 Å². The van der Waals surface area contributed by atoms with Gasteiger partial charge in [-0.1, -0.05) is 12.1 Å². The summed E-state index contributed by atoms with van der Waals surface area (Å²) in [5.74, 6) is 0. The van der Waals surface area contributed by atoms with Gasteiger partial charge in [0.2, 0.25) is 0 Å². The van der Waals surface area contributed by atoms with Gasteiger partial charge in [-0.15, -0.1) is 0 Å². The number of nitrogens with one attached hydrogen (secondary N) is 1. The molecule has 19 heavy (non-hydrogen) atoms. The molecule has 0 bridgehead atoms. The molecule has 0 aliphatic rings. The lowest BCUT2D eigenvalue weighted by Crippen LogP contribution is -2.24. The van der Waals surface area contributed by atoms with Crippen LogP contribution in [0.15, 0.2) is 18.2 Å². The van der Waals surface area contributed by atoms with Crippen LogP contribution in [0.3, 0.4) is 0 Å². The maximum Gasteiger partial charge on any atom is 0.416 e. The number of aliphatic hydroxyl groups excluding tert-OH is 2. The molecule has 0 spiro atoms. The molecule has 0 saturated carbocycles. The highest BCUT2D eigenvalue weighted by atomic mass is 19.4. The third-order valence-electron chi connectivity index (χ3n) is 3.05. The molecule has 0 fully saturated rings. The highest BCUT2D eigenvalue weighted by Gasteiger charge is 2.34. The van der Waals surface area contributed by atoms with Crippen molar-refractivity contribution in [1.82, 2.24) is 5.32 Å². The van der Waals surface area contributed by atoms with Gasteiger partial charge in [-0.2, -0.15) is 13.2 Å². The van der Waals surface area contributed by atoms with Gasteiger partial charge in [-0.3, -0.25) is 0 Å². The summed E-state index contributed by atoms with van der Waals surface area (Å²) in [6.45, 7) is 1.77. The number of alkyl halides is 3. The van der Waals surface area contributed by atoms with E-state index in [1.807, 2.05) is 0 Å². The Morgan fingerprint density at radius 1 is 1.26 bits per heavy atom. The molecule has 0 heterocycles. The summed E-state index contributed by atoms with van der Waals surface area (Å²) in [4.78, 5) is 0. The fraction of sp³-hybridized carbons (Fsp3) is 0.538. The van der Waals surface area contributed by atoms with Crippen molar-refractivity contribution in [3.63, 3.8) is 0 Å². The molecule has 0 aliphatic heterocycles. The number of hydrogen-bond donors (Lipinski definition) is 3. The van der Waals surface area contributed by atoms with Crippen LogP contribution < -0.4 is 5.32 Å². The molecule has 2 atom stereocenters. The van der Waals surface area contributed by atoms with Gasteiger partial charge in [0.25, 0.3) is 0 Å². The van der Waals surface area contributed by atoms with E-state index in [0.29, 0.717) is 6.54 Å². The van der Waals surface area contributed by atoms with Gasteiger partial charge in [0.1, 0.15) is 6.10 Å². The molecule has 1 rings (SSSR count). The minimum absolute atomic E-state index is 0.0500. The van der Waals surface area contributed by atoms with Crippen molar-refractivity contribution in [3.8, 4) is 0 Å². The summed E-state index contributed by atoms with van der Waals surface area (Å²) in [5.41, 5.74) is -0.727. The molecule has 0 saturated heterocycles. The van der Waals surface area contributed by atoms with Crippen LogP contribution >= 0.6 is 0 Å². The average molecular weight is 277 g/mol. The normalized spacial score (nSPS) is 15.3. The summed E-state index contributed by atoms with van der Waals surface area (Å²) in [6, 6.07) is 3.60. The number of halogens is 3. The van der Waals surface area contributed by atoms with Gasteiger partial charge in [0.15, 0.2) is 0 Å². The Morgan fingerprint density at radius 2 is 1.89 bits per heavy atom. The molecule has 3 nitrogen and oxygen atoms in total. The van der Waals surface area contributed by atoms with Gasteiger partial charge in [0, 0.05) is 0 Å². The van der Waals surface area contributed by atoms with Crippen molar-refractivity contribution in [2.45, 2.75) is 31.7 Å². The summed E-state index contributed by atoms with van der Waals surface area (Å²) >= 11 is 0. The van der Waals surface area contributed by atoms with Gasteiger partial charge < -0.3 is 15.5 Å². The molecule has 1 aromatic rings. The Balaban J connectivity index is 3.01. The van der Waals surface area contributed by atoms with E-state index >= 15 is 0 Å². The van der Waals surface area contributed by atoms with Crippen LogP contribution in [-0.2, 0) is 6.18 Å². The van der Waals surface area contributed by atoms with Gasteiger partial charge in [0.05, 0.1) is 11.7 Å². The van der Waals surface area contributed by atoms with Crippen LogP contribution in [-0.4, -0.2) is 29.9 Å². The zero-order chi connectivity index (χ0) is 14.6. The van der Waals surface area contributed by atoms with E-state index in [0.717, 1.165) is 6.07 Å². The third-order valence-corrected chi connectivity index (χ3v) is 3.05. The first-order chi connectivity index (χ1) is 8.79. The molecule has 0 amide bonds. The van der Waals surface area contributed by atoms with Crippen LogP contribution in [0.5, 0.6) is 0 Å². The van der Waals surface area contributed by atoms with Crippen molar-refractivity contribution >= 4 is 0 Å². The Kier molecular flexibility index (Phi) is 5.34. The minimum Gasteiger partial charge on any atom is -0.390 e. The smallest absolute Gasteiger partial charge is 0.390 e. The van der Waals surface area contributed by atoms with Gasteiger partial charge >= 0.3 is 6.18 Å². The minimum atomic E-state index is -4.46.